The molecular weight excluding hydrogens is 452 g/mol. The number of aryl methyl sites for hydroxylation is 3. The van der Waals surface area contributed by atoms with Crippen molar-refractivity contribution < 1.29 is 23.9 Å². The minimum atomic E-state index is -0.700. The maximum absolute atomic E-state index is 13.0. The van der Waals surface area contributed by atoms with E-state index in [4.69, 9.17) is 9.47 Å². The fourth-order valence-electron chi connectivity index (χ4n) is 4.29. The second-order valence-electron chi connectivity index (χ2n) is 8.64. The Morgan fingerprint density at radius 3 is 2.44 bits per heavy atom. The molecule has 1 unspecified atom stereocenters. The molecule has 7 nitrogen and oxygen atoms in total. The number of carbonyl (C=O) groups excluding carboxylic acids is 3. The van der Waals surface area contributed by atoms with Gasteiger partial charge in [-0.15, -0.1) is 11.8 Å². The van der Waals surface area contributed by atoms with Gasteiger partial charge >= 0.3 is 5.97 Å². The number of thioether (sulfide) groups is 1. The summed E-state index contributed by atoms with van der Waals surface area (Å²) in [7, 11) is 0. The van der Waals surface area contributed by atoms with E-state index in [1.54, 1.807) is 12.1 Å². The van der Waals surface area contributed by atoms with E-state index in [1.165, 1.54) is 16.7 Å². The van der Waals surface area contributed by atoms with Crippen LogP contribution in [-0.2, 0) is 25.7 Å². The smallest absolute Gasteiger partial charge is 0.355 e. The van der Waals surface area contributed by atoms with Gasteiger partial charge in [-0.3, -0.25) is 14.5 Å². The Balaban J connectivity index is 1.37. The predicted molar refractivity (Wildman–Crippen MR) is 130 cm³/mol. The first-order valence-corrected chi connectivity index (χ1v) is 12.2. The normalized spacial score (nSPS) is 19.3. The lowest BCUT2D eigenvalue weighted by molar-refractivity contribution is -0.153. The topological polar surface area (TPSA) is 84.9 Å². The molecule has 34 heavy (non-hydrogen) atoms. The third kappa shape index (κ3) is 4.82. The Bertz CT molecular complexity index is 1140. The molecule has 2 atom stereocenters. The zero-order chi connectivity index (χ0) is 24.4. The van der Waals surface area contributed by atoms with Crippen LogP contribution in [0.15, 0.2) is 53.7 Å². The molecule has 2 aromatic carbocycles. The number of hydrogen-bond acceptors (Lipinski definition) is 6. The van der Waals surface area contributed by atoms with E-state index >= 15 is 0 Å². The standard InChI is InChI=1S/C26H28N2O5S/c1-15-10-16(2)20(17(3)11-15)12-33-26(31)23-18(4)14-34-25-22(24(30)28(23)25)27-21(29)13-32-19-8-6-5-7-9-19/h5-11,22,25H,12-14H2,1-4H3,(H,27,29)/t22?,25-/m0/s1. The number of esters is 1. The van der Waals surface area contributed by atoms with Gasteiger partial charge in [0, 0.05) is 5.75 Å². The molecule has 2 amide bonds. The molecule has 2 aliphatic rings. The van der Waals surface area contributed by atoms with E-state index in [2.05, 4.69) is 17.4 Å². The van der Waals surface area contributed by atoms with E-state index in [1.807, 2.05) is 45.9 Å². The van der Waals surface area contributed by atoms with E-state index in [0.29, 0.717) is 11.5 Å². The molecule has 1 N–H and O–H groups in total. The maximum atomic E-state index is 13.0. The SMILES string of the molecule is CC1=C(C(=O)OCc2c(C)cc(C)cc2C)N2C(=O)C(NC(=O)COc3ccccc3)[C@@H]2SC1. The number of ether oxygens (including phenoxy) is 2. The van der Waals surface area contributed by atoms with E-state index < -0.39 is 12.0 Å². The highest BCUT2D eigenvalue weighted by Crippen LogP contribution is 2.40. The summed E-state index contributed by atoms with van der Waals surface area (Å²) in [5, 5.41) is 2.39. The van der Waals surface area contributed by atoms with E-state index in [0.717, 1.165) is 27.8 Å². The van der Waals surface area contributed by atoms with Gasteiger partial charge in [-0.2, -0.15) is 0 Å². The number of nitrogens with one attached hydrogen (secondary N) is 1. The van der Waals surface area contributed by atoms with Gasteiger partial charge in [0.1, 0.15) is 29.5 Å². The highest BCUT2D eigenvalue weighted by atomic mass is 32.2. The van der Waals surface area contributed by atoms with Gasteiger partial charge in [-0.1, -0.05) is 35.9 Å². The quantitative estimate of drug-likeness (QED) is 0.483. The molecule has 2 aromatic rings. The second-order valence-corrected chi connectivity index (χ2v) is 9.74. The zero-order valence-corrected chi connectivity index (χ0v) is 20.5. The van der Waals surface area contributed by atoms with Gasteiger partial charge in [0.15, 0.2) is 6.61 Å². The molecule has 8 heteroatoms. The highest BCUT2D eigenvalue weighted by Gasteiger charge is 2.54. The Morgan fingerprint density at radius 1 is 1.09 bits per heavy atom. The average molecular weight is 481 g/mol. The summed E-state index contributed by atoms with van der Waals surface area (Å²) in [6.45, 7) is 7.80. The van der Waals surface area contributed by atoms with Crippen molar-refractivity contribution in [3.8, 4) is 5.75 Å². The highest BCUT2D eigenvalue weighted by molar-refractivity contribution is 8.00. The summed E-state index contributed by atoms with van der Waals surface area (Å²) in [4.78, 5) is 39.7. The first kappa shape index (κ1) is 23.9. The number of amides is 2. The lowest BCUT2D eigenvalue weighted by atomic mass is 10.0. The number of benzene rings is 2. The van der Waals surface area contributed by atoms with Crippen LogP contribution in [0.5, 0.6) is 5.75 Å². The van der Waals surface area contributed by atoms with Gasteiger partial charge in [0.25, 0.3) is 11.8 Å². The molecule has 4 rings (SSSR count). The molecule has 2 aliphatic heterocycles. The van der Waals surface area contributed by atoms with Crippen molar-refractivity contribution in [1.82, 2.24) is 10.2 Å². The summed E-state index contributed by atoms with van der Waals surface area (Å²) in [5.74, 6) is -0.0713. The summed E-state index contributed by atoms with van der Waals surface area (Å²) in [6.07, 6.45) is 0. The minimum Gasteiger partial charge on any atom is -0.484 e. The lowest BCUT2D eigenvalue weighted by Gasteiger charge is -2.49. The van der Waals surface area contributed by atoms with Crippen LogP contribution in [0, 0.1) is 20.8 Å². The molecule has 0 aromatic heterocycles. The molecule has 0 bridgehead atoms. The van der Waals surface area contributed by atoms with Crippen molar-refractivity contribution in [2.75, 3.05) is 12.4 Å². The van der Waals surface area contributed by atoms with Crippen LogP contribution in [0.25, 0.3) is 0 Å². The van der Waals surface area contributed by atoms with E-state index in [-0.39, 0.29) is 36.1 Å². The van der Waals surface area contributed by atoms with Gasteiger partial charge in [-0.25, -0.2) is 4.79 Å². The third-order valence-electron chi connectivity index (χ3n) is 5.97. The number of nitrogens with zero attached hydrogens (tertiary/aromatic N) is 1. The summed E-state index contributed by atoms with van der Waals surface area (Å²) in [5.41, 5.74) is 5.32. The molecule has 0 radical (unpaired) electrons. The number of hydrogen-bond donors (Lipinski definition) is 1. The summed E-state index contributed by atoms with van der Waals surface area (Å²) in [6, 6.07) is 12.4. The maximum Gasteiger partial charge on any atom is 0.355 e. The van der Waals surface area contributed by atoms with Crippen LogP contribution in [-0.4, -0.2) is 46.5 Å². The van der Waals surface area contributed by atoms with Crippen LogP contribution in [0.2, 0.25) is 0 Å². The third-order valence-corrected chi connectivity index (χ3v) is 7.39. The van der Waals surface area contributed by atoms with Gasteiger partial charge in [0.2, 0.25) is 0 Å². The van der Waals surface area contributed by atoms with Crippen LogP contribution in [0.3, 0.4) is 0 Å². The molecule has 0 aliphatic carbocycles. The number of fused-ring (bicyclic) bond motifs is 1. The van der Waals surface area contributed by atoms with Crippen molar-refractivity contribution in [2.24, 2.45) is 0 Å². The van der Waals surface area contributed by atoms with Crippen LogP contribution < -0.4 is 10.1 Å². The average Bonchev–Trinajstić information content (AvgIpc) is 2.80. The Labute approximate surface area is 203 Å². The first-order chi connectivity index (χ1) is 16.3. The molecule has 0 spiro atoms. The summed E-state index contributed by atoms with van der Waals surface area (Å²) >= 11 is 1.52. The van der Waals surface area contributed by atoms with Crippen molar-refractivity contribution in [2.45, 2.75) is 45.7 Å². The summed E-state index contributed by atoms with van der Waals surface area (Å²) < 4.78 is 11.1. The molecule has 1 saturated heterocycles. The van der Waals surface area contributed by atoms with Crippen LogP contribution in [0.1, 0.15) is 29.2 Å². The second kappa shape index (κ2) is 9.93. The predicted octanol–water partition coefficient (Wildman–Crippen LogP) is 3.41. The number of rotatable bonds is 7. The molecule has 178 valence electrons. The van der Waals surface area contributed by atoms with Gasteiger partial charge < -0.3 is 14.8 Å². The number of para-hydroxylation sites is 1. The minimum absolute atomic E-state index is 0.143. The molecule has 0 saturated carbocycles. The fraction of sp³-hybridized carbons (Fsp3) is 0.346. The molecule has 2 heterocycles. The molecular formula is C26H28N2O5S. The molecule has 1 fully saturated rings. The van der Waals surface area contributed by atoms with E-state index in [9.17, 15) is 14.4 Å². The number of β-lactam (4-membered cyclic amide) rings is 1. The van der Waals surface area contributed by atoms with Crippen LogP contribution in [0.4, 0.5) is 0 Å². The van der Waals surface area contributed by atoms with Gasteiger partial charge in [-0.05, 0) is 62.1 Å². The first-order valence-electron chi connectivity index (χ1n) is 11.1. The number of carbonyl (C=O) groups is 3. The Hall–Kier alpha value is -3.26. The lowest BCUT2D eigenvalue weighted by Crippen LogP contribution is -2.70. The Kier molecular flexibility index (Phi) is 6.97. The van der Waals surface area contributed by atoms with Crippen molar-refractivity contribution in [3.63, 3.8) is 0 Å². The van der Waals surface area contributed by atoms with Gasteiger partial charge in [0.05, 0.1) is 0 Å². The van der Waals surface area contributed by atoms with Crippen molar-refractivity contribution >= 4 is 29.5 Å². The van der Waals surface area contributed by atoms with Crippen molar-refractivity contribution in [3.05, 3.63) is 76.0 Å². The monoisotopic (exact) mass is 480 g/mol. The largest absolute Gasteiger partial charge is 0.484 e. The van der Waals surface area contributed by atoms with Crippen molar-refractivity contribution in [1.29, 1.82) is 0 Å². The fourth-order valence-corrected chi connectivity index (χ4v) is 5.58. The van der Waals surface area contributed by atoms with Crippen LogP contribution >= 0.6 is 11.8 Å². The Morgan fingerprint density at radius 2 is 1.76 bits per heavy atom. The zero-order valence-electron chi connectivity index (χ0n) is 19.7.